The molecular formula is C13H17Cl2NO4S. The molecule has 0 radical (unpaired) electrons. The molecule has 2 atom stereocenters. The summed E-state index contributed by atoms with van der Waals surface area (Å²) in [5.74, 6) is -0.878. The van der Waals surface area contributed by atoms with Crippen LogP contribution in [0.15, 0.2) is 23.1 Å². The summed E-state index contributed by atoms with van der Waals surface area (Å²) in [7, 11) is -2.78. The topological polar surface area (TPSA) is 72.5 Å². The number of esters is 1. The van der Waals surface area contributed by atoms with E-state index in [-0.39, 0.29) is 20.9 Å². The number of rotatable bonds is 6. The SMILES string of the molecule is CC[C@@H](C)[C@@H](NS(=O)(=O)c1cc(Cl)ccc1Cl)C(=O)OC. The second-order valence-corrected chi connectivity index (χ2v) is 7.11. The summed E-state index contributed by atoms with van der Waals surface area (Å²) >= 11 is 11.7. The molecule has 118 valence electrons. The number of carbonyl (C=O) groups excluding carboxylic acids is 1. The lowest BCUT2D eigenvalue weighted by atomic mass is 10.0. The van der Waals surface area contributed by atoms with E-state index >= 15 is 0 Å². The summed E-state index contributed by atoms with van der Waals surface area (Å²) in [6.07, 6.45) is 0.603. The molecule has 0 saturated heterocycles. The normalized spacial score (nSPS) is 14.5. The molecule has 1 aromatic rings. The van der Waals surface area contributed by atoms with Crippen LogP contribution in [-0.2, 0) is 19.6 Å². The first-order valence-electron chi connectivity index (χ1n) is 6.28. The van der Waals surface area contributed by atoms with Gasteiger partial charge in [-0.2, -0.15) is 4.72 Å². The highest BCUT2D eigenvalue weighted by Crippen LogP contribution is 2.25. The Balaban J connectivity index is 3.17. The number of sulfonamides is 1. The molecule has 1 rings (SSSR count). The fourth-order valence-corrected chi connectivity index (χ4v) is 3.73. The predicted octanol–water partition coefficient (Wildman–Crippen LogP) is 2.86. The Morgan fingerprint density at radius 2 is 2.00 bits per heavy atom. The molecule has 8 heteroatoms. The zero-order valence-electron chi connectivity index (χ0n) is 11.9. The first-order chi connectivity index (χ1) is 9.72. The zero-order valence-corrected chi connectivity index (χ0v) is 14.2. The van der Waals surface area contributed by atoms with E-state index < -0.39 is 22.0 Å². The van der Waals surface area contributed by atoms with Crippen LogP contribution in [0, 0.1) is 5.92 Å². The van der Waals surface area contributed by atoms with Crippen molar-refractivity contribution < 1.29 is 17.9 Å². The van der Waals surface area contributed by atoms with Gasteiger partial charge in [0, 0.05) is 5.02 Å². The maximum absolute atomic E-state index is 12.4. The van der Waals surface area contributed by atoms with Crippen molar-refractivity contribution in [3.63, 3.8) is 0 Å². The second kappa shape index (κ2) is 7.45. The molecule has 0 fully saturated rings. The van der Waals surface area contributed by atoms with Crippen LogP contribution in [0.25, 0.3) is 0 Å². The van der Waals surface area contributed by atoms with Gasteiger partial charge in [-0.3, -0.25) is 4.79 Å². The minimum atomic E-state index is -3.99. The molecule has 0 aliphatic carbocycles. The van der Waals surface area contributed by atoms with Crippen molar-refractivity contribution in [2.45, 2.75) is 31.2 Å². The van der Waals surface area contributed by atoms with Gasteiger partial charge in [0.05, 0.1) is 12.1 Å². The number of hydrogen-bond donors (Lipinski definition) is 1. The van der Waals surface area contributed by atoms with Crippen molar-refractivity contribution in [1.29, 1.82) is 0 Å². The highest BCUT2D eigenvalue weighted by Gasteiger charge is 2.31. The molecule has 1 N–H and O–H groups in total. The van der Waals surface area contributed by atoms with Crippen molar-refractivity contribution in [1.82, 2.24) is 4.72 Å². The summed E-state index contributed by atoms with van der Waals surface area (Å²) in [6.45, 7) is 3.60. The van der Waals surface area contributed by atoms with Gasteiger partial charge < -0.3 is 4.74 Å². The quantitative estimate of drug-likeness (QED) is 0.798. The van der Waals surface area contributed by atoms with E-state index in [1.165, 1.54) is 25.3 Å². The number of benzene rings is 1. The number of ether oxygens (including phenoxy) is 1. The molecule has 0 saturated carbocycles. The Hall–Kier alpha value is -0.820. The number of halogens is 2. The standard InChI is InChI=1S/C13H17Cl2NO4S/c1-4-8(2)12(13(17)20-3)16-21(18,19)11-7-9(14)5-6-10(11)15/h5-8,12,16H,4H2,1-3H3/t8-,12-/m1/s1. The smallest absolute Gasteiger partial charge is 0.324 e. The Bertz CT molecular complexity index is 619. The molecule has 21 heavy (non-hydrogen) atoms. The lowest BCUT2D eigenvalue weighted by Gasteiger charge is -2.22. The molecule has 0 aromatic heterocycles. The van der Waals surface area contributed by atoms with E-state index in [1.807, 2.05) is 6.92 Å². The molecule has 0 amide bonds. The Labute approximate surface area is 134 Å². The first-order valence-corrected chi connectivity index (χ1v) is 8.52. The number of methoxy groups -OCH3 is 1. The summed E-state index contributed by atoms with van der Waals surface area (Å²) < 4.78 is 31.8. The zero-order chi connectivity index (χ0) is 16.2. The molecule has 0 aliphatic rings. The average Bonchev–Trinajstić information content (AvgIpc) is 2.45. The third-order valence-corrected chi connectivity index (χ3v) is 5.29. The molecule has 0 aliphatic heterocycles. The minimum Gasteiger partial charge on any atom is -0.468 e. The van der Waals surface area contributed by atoms with Crippen molar-refractivity contribution in [2.75, 3.05) is 7.11 Å². The summed E-state index contributed by atoms with van der Waals surface area (Å²) in [5, 5.41) is 0.262. The molecule has 0 unspecified atom stereocenters. The van der Waals surface area contributed by atoms with Gasteiger partial charge >= 0.3 is 5.97 Å². The molecule has 5 nitrogen and oxygen atoms in total. The maximum atomic E-state index is 12.4. The first kappa shape index (κ1) is 18.2. The van der Waals surface area contributed by atoms with Gasteiger partial charge in [0.15, 0.2) is 0 Å². The van der Waals surface area contributed by atoms with E-state index in [2.05, 4.69) is 9.46 Å². The minimum absolute atomic E-state index is 0.0275. The van der Waals surface area contributed by atoms with E-state index in [1.54, 1.807) is 6.92 Å². The van der Waals surface area contributed by atoms with Crippen LogP contribution in [-0.4, -0.2) is 27.5 Å². The van der Waals surface area contributed by atoms with Crippen LogP contribution in [0.5, 0.6) is 0 Å². The van der Waals surface area contributed by atoms with E-state index in [0.29, 0.717) is 6.42 Å². The highest BCUT2D eigenvalue weighted by molar-refractivity contribution is 7.89. The monoisotopic (exact) mass is 353 g/mol. The fourth-order valence-electron chi connectivity index (χ4n) is 1.67. The van der Waals surface area contributed by atoms with Gasteiger partial charge in [-0.25, -0.2) is 8.42 Å². The highest BCUT2D eigenvalue weighted by atomic mass is 35.5. The predicted molar refractivity (Wildman–Crippen MR) is 82.0 cm³/mol. The maximum Gasteiger partial charge on any atom is 0.324 e. The fraction of sp³-hybridized carbons (Fsp3) is 0.462. The van der Waals surface area contributed by atoms with Crippen LogP contribution in [0.3, 0.4) is 0 Å². The number of carbonyl (C=O) groups is 1. The van der Waals surface area contributed by atoms with Crippen LogP contribution < -0.4 is 4.72 Å². The number of hydrogen-bond acceptors (Lipinski definition) is 4. The molecular weight excluding hydrogens is 337 g/mol. The van der Waals surface area contributed by atoms with Gasteiger partial charge in [0.1, 0.15) is 10.9 Å². The van der Waals surface area contributed by atoms with E-state index in [0.717, 1.165) is 0 Å². The number of nitrogens with one attached hydrogen (secondary N) is 1. The van der Waals surface area contributed by atoms with Crippen molar-refractivity contribution in [2.24, 2.45) is 5.92 Å². The van der Waals surface area contributed by atoms with E-state index in [9.17, 15) is 13.2 Å². The van der Waals surface area contributed by atoms with Crippen LogP contribution in [0.4, 0.5) is 0 Å². The van der Waals surface area contributed by atoms with Gasteiger partial charge in [-0.1, -0.05) is 43.5 Å². The molecule has 0 bridgehead atoms. The largest absolute Gasteiger partial charge is 0.468 e. The molecule has 0 spiro atoms. The average molecular weight is 354 g/mol. The van der Waals surface area contributed by atoms with Crippen LogP contribution in [0.1, 0.15) is 20.3 Å². The van der Waals surface area contributed by atoms with Gasteiger partial charge in [-0.15, -0.1) is 0 Å². The molecule has 0 heterocycles. The van der Waals surface area contributed by atoms with Crippen molar-refractivity contribution in [3.8, 4) is 0 Å². The molecule has 1 aromatic carbocycles. The third-order valence-electron chi connectivity index (χ3n) is 3.13. The summed E-state index contributed by atoms with van der Waals surface area (Å²) in [4.78, 5) is 11.6. The van der Waals surface area contributed by atoms with Gasteiger partial charge in [0.25, 0.3) is 0 Å². The third kappa shape index (κ3) is 4.57. The Morgan fingerprint density at radius 1 is 1.38 bits per heavy atom. The van der Waals surface area contributed by atoms with Crippen LogP contribution in [0.2, 0.25) is 10.0 Å². The summed E-state index contributed by atoms with van der Waals surface area (Å²) in [6, 6.07) is 3.11. The Morgan fingerprint density at radius 3 is 2.52 bits per heavy atom. The van der Waals surface area contributed by atoms with Gasteiger partial charge in [0.2, 0.25) is 10.0 Å². The second-order valence-electron chi connectivity index (χ2n) is 4.58. The van der Waals surface area contributed by atoms with Crippen molar-refractivity contribution in [3.05, 3.63) is 28.2 Å². The van der Waals surface area contributed by atoms with Gasteiger partial charge in [-0.05, 0) is 24.1 Å². The van der Waals surface area contributed by atoms with Crippen LogP contribution >= 0.6 is 23.2 Å². The summed E-state index contributed by atoms with van der Waals surface area (Å²) in [5.41, 5.74) is 0. The lowest BCUT2D eigenvalue weighted by molar-refractivity contribution is -0.143. The lowest BCUT2D eigenvalue weighted by Crippen LogP contribution is -2.45. The van der Waals surface area contributed by atoms with E-state index in [4.69, 9.17) is 23.2 Å². The van der Waals surface area contributed by atoms with Crippen molar-refractivity contribution >= 4 is 39.2 Å². The Kier molecular flexibility index (Phi) is 6.46.